The Kier molecular flexibility index (Phi) is 6.02. The van der Waals surface area contributed by atoms with Gasteiger partial charge in [-0.2, -0.15) is 0 Å². The van der Waals surface area contributed by atoms with Crippen LogP contribution in [0.4, 0.5) is 0 Å². The first-order chi connectivity index (χ1) is 9.81. The van der Waals surface area contributed by atoms with Crippen molar-refractivity contribution in [2.45, 2.75) is 31.7 Å². The second-order valence-corrected chi connectivity index (χ2v) is 5.29. The Hall–Kier alpha value is -1.39. The molecule has 1 unspecified atom stereocenters. The highest BCUT2D eigenvalue weighted by molar-refractivity contribution is 5.76. The molecule has 0 aromatic heterocycles. The number of nitrogens with one attached hydrogen (secondary N) is 1. The number of piperidine rings is 1. The van der Waals surface area contributed by atoms with Crippen molar-refractivity contribution in [3.63, 3.8) is 0 Å². The number of likely N-dealkylation sites (tertiary alicyclic amines) is 1. The van der Waals surface area contributed by atoms with Crippen LogP contribution < -0.4 is 5.32 Å². The molecule has 0 spiro atoms. The summed E-state index contributed by atoms with van der Waals surface area (Å²) in [6.07, 6.45) is 4.00. The number of hydrogen-bond donors (Lipinski definition) is 2. The monoisotopic (exact) mass is 276 g/mol. The van der Waals surface area contributed by atoms with Gasteiger partial charge in [0.25, 0.3) is 0 Å². The summed E-state index contributed by atoms with van der Waals surface area (Å²) in [5.41, 5.74) is 1.06. The molecule has 4 nitrogen and oxygen atoms in total. The van der Waals surface area contributed by atoms with E-state index < -0.39 is 0 Å². The van der Waals surface area contributed by atoms with E-state index >= 15 is 0 Å². The van der Waals surface area contributed by atoms with Crippen LogP contribution >= 0.6 is 0 Å². The molecule has 110 valence electrons. The van der Waals surface area contributed by atoms with E-state index in [0.717, 1.165) is 31.5 Å². The average Bonchev–Trinajstić information content (AvgIpc) is 2.53. The van der Waals surface area contributed by atoms with Gasteiger partial charge in [0.1, 0.15) is 0 Å². The summed E-state index contributed by atoms with van der Waals surface area (Å²) >= 11 is 0. The van der Waals surface area contributed by atoms with Crippen molar-refractivity contribution in [3.8, 4) is 0 Å². The van der Waals surface area contributed by atoms with Gasteiger partial charge in [-0.3, -0.25) is 4.79 Å². The summed E-state index contributed by atoms with van der Waals surface area (Å²) in [5, 5.41) is 12.7. The van der Waals surface area contributed by atoms with Gasteiger partial charge >= 0.3 is 0 Å². The fourth-order valence-electron chi connectivity index (χ4n) is 2.63. The predicted octanol–water partition coefficient (Wildman–Crippen LogP) is 1.71. The lowest BCUT2D eigenvalue weighted by atomic mass is 10.1. The summed E-state index contributed by atoms with van der Waals surface area (Å²) in [5.74, 6) is 0.224. The number of carbonyl (C=O) groups is 1. The van der Waals surface area contributed by atoms with E-state index in [2.05, 4.69) is 5.32 Å². The summed E-state index contributed by atoms with van der Waals surface area (Å²) in [6.45, 7) is 2.46. The number of hydrogen-bond acceptors (Lipinski definition) is 3. The highest BCUT2D eigenvalue weighted by atomic mass is 16.3. The van der Waals surface area contributed by atoms with E-state index in [-0.39, 0.29) is 18.6 Å². The molecule has 1 aromatic rings. The second kappa shape index (κ2) is 8.02. The zero-order chi connectivity index (χ0) is 14.2. The minimum absolute atomic E-state index is 0.0436. The Labute approximate surface area is 120 Å². The molecule has 0 bridgehead atoms. The quantitative estimate of drug-likeness (QED) is 0.831. The number of aliphatic hydroxyl groups excluding tert-OH is 1. The van der Waals surface area contributed by atoms with Crippen molar-refractivity contribution >= 4 is 5.91 Å². The van der Waals surface area contributed by atoms with Gasteiger partial charge in [-0.05, 0) is 24.8 Å². The van der Waals surface area contributed by atoms with Gasteiger partial charge < -0.3 is 15.3 Å². The number of rotatable bonds is 6. The first kappa shape index (κ1) is 15.0. The molecule has 0 radical (unpaired) electrons. The number of benzene rings is 1. The first-order valence-electron chi connectivity index (χ1n) is 7.48. The van der Waals surface area contributed by atoms with Gasteiger partial charge in [0, 0.05) is 26.1 Å². The van der Waals surface area contributed by atoms with E-state index in [9.17, 15) is 9.90 Å². The fourth-order valence-corrected chi connectivity index (χ4v) is 2.63. The number of aliphatic hydroxyl groups is 1. The highest BCUT2D eigenvalue weighted by Crippen LogP contribution is 2.12. The molecule has 1 fully saturated rings. The molecule has 2 rings (SSSR count). The molecule has 1 saturated heterocycles. The maximum atomic E-state index is 12.0. The molecule has 0 aliphatic carbocycles. The second-order valence-electron chi connectivity index (χ2n) is 5.29. The number of carbonyl (C=O) groups excluding carboxylic acids is 1. The molecule has 1 atom stereocenters. The Morgan fingerprint density at radius 3 is 2.55 bits per heavy atom. The van der Waals surface area contributed by atoms with Crippen LogP contribution in [0.1, 0.15) is 37.3 Å². The summed E-state index contributed by atoms with van der Waals surface area (Å²) < 4.78 is 0. The summed E-state index contributed by atoms with van der Waals surface area (Å²) in [7, 11) is 0. The fraction of sp³-hybridized carbons (Fsp3) is 0.562. The molecule has 20 heavy (non-hydrogen) atoms. The molecular weight excluding hydrogens is 252 g/mol. The molecule has 0 saturated carbocycles. The maximum Gasteiger partial charge on any atom is 0.223 e. The minimum atomic E-state index is -0.0923. The smallest absolute Gasteiger partial charge is 0.223 e. The normalized spacial score (nSPS) is 16.9. The van der Waals surface area contributed by atoms with Crippen LogP contribution in [0.25, 0.3) is 0 Å². The Morgan fingerprint density at radius 1 is 1.20 bits per heavy atom. The topological polar surface area (TPSA) is 52.6 Å². The molecule has 1 amide bonds. The van der Waals surface area contributed by atoms with E-state index in [1.165, 1.54) is 6.42 Å². The van der Waals surface area contributed by atoms with E-state index in [1.807, 2.05) is 35.2 Å². The van der Waals surface area contributed by atoms with Crippen LogP contribution in [0.2, 0.25) is 0 Å². The van der Waals surface area contributed by atoms with Crippen molar-refractivity contribution < 1.29 is 9.90 Å². The minimum Gasteiger partial charge on any atom is -0.394 e. The third-order valence-corrected chi connectivity index (χ3v) is 3.82. The average molecular weight is 276 g/mol. The van der Waals surface area contributed by atoms with Gasteiger partial charge in [0.05, 0.1) is 12.6 Å². The van der Waals surface area contributed by atoms with Crippen molar-refractivity contribution in [2.24, 2.45) is 0 Å². The van der Waals surface area contributed by atoms with E-state index in [4.69, 9.17) is 0 Å². The Morgan fingerprint density at radius 2 is 1.90 bits per heavy atom. The van der Waals surface area contributed by atoms with Crippen LogP contribution in [0.5, 0.6) is 0 Å². The lowest BCUT2D eigenvalue weighted by molar-refractivity contribution is -0.132. The summed E-state index contributed by atoms with van der Waals surface area (Å²) in [6, 6.07) is 9.75. The van der Waals surface area contributed by atoms with Crippen molar-refractivity contribution in [2.75, 3.05) is 26.2 Å². The van der Waals surface area contributed by atoms with Crippen LogP contribution in [-0.4, -0.2) is 42.2 Å². The van der Waals surface area contributed by atoms with Crippen LogP contribution in [0.15, 0.2) is 30.3 Å². The molecular formula is C16H24N2O2. The zero-order valence-electron chi connectivity index (χ0n) is 11.9. The van der Waals surface area contributed by atoms with Crippen molar-refractivity contribution in [1.29, 1.82) is 0 Å². The Bertz CT molecular complexity index is 402. The lowest BCUT2D eigenvalue weighted by Gasteiger charge is -2.27. The number of nitrogens with zero attached hydrogens (tertiary/aromatic N) is 1. The molecule has 2 N–H and O–H groups in total. The van der Waals surface area contributed by atoms with Crippen molar-refractivity contribution in [3.05, 3.63) is 35.9 Å². The van der Waals surface area contributed by atoms with Crippen LogP contribution in [-0.2, 0) is 4.79 Å². The Balaban J connectivity index is 1.75. The first-order valence-corrected chi connectivity index (χ1v) is 7.48. The third-order valence-electron chi connectivity index (χ3n) is 3.82. The largest absolute Gasteiger partial charge is 0.394 e. The van der Waals surface area contributed by atoms with Gasteiger partial charge in [-0.1, -0.05) is 30.3 Å². The lowest BCUT2D eigenvalue weighted by Crippen LogP contribution is -2.37. The third kappa shape index (κ3) is 4.32. The van der Waals surface area contributed by atoms with Gasteiger partial charge in [-0.15, -0.1) is 0 Å². The molecule has 1 heterocycles. The summed E-state index contributed by atoms with van der Waals surface area (Å²) in [4.78, 5) is 14.0. The SMILES string of the molecule is O=C(CCNC(CO)c1ccccc1)N1CCCCC1. The number of amides is 1. The molecule has 4 heteroatoms. The molecule has 1 aliphatic rings. The van der Waals surface area contributed by atoms with Gasteiger partial charge in [-0.25, -0.2) is 0 Å². The predicted molar refractivity (Wildman–Crippen MR) is 79.3 cm³/mol. The van der Waals surface area contributed by atoms with Crippen LogP contribution in [0, 0.1) is 0 Å². The zero-order valence-corrected chi connectivity index (χ0v) is 11.9. The van der Waals surface area contributed by atoms with Gasteiger partial charge in [0.15, 0.2) is 0 Å². The highest BCUT2D eigenvalue weighted by Gasteiger charge is 2.16. The molecule has 1 aromatic carbocycles. The standard InChI is InChI=1S/C16H24N2O2/c19-13-15(14-7-3-1-4-8-14)17-10-9-16(20)18-11-5-2-6-12-18/h1,3-4,7-8,15,17,19H,2,5-6,9-13H2. The van der Waals surface area contributed by atoms with E-state index in [1.54, 1.807) is 0 Å². The molecule has 1 aliphatic heterocycles. The van der Waals surface area contributed by atoms with E-state index in [0.29, 0.717) is 13.0 Å². The van der Waals surface area contributed by atoms with Crippen LogP contribution in [0.3, 0.4) is 0 Å². The van der Waals surface area contributed by atoms with Gasteiger partial charge in [0.2, 0.25) is 5.91 Å². The maximum absolute atomic E-state index is 12.0. The van der Waals surface area contributed by atoms with Crippen molar-refractivity contribution in [1.82, 2.24) is 10.2 Å².